The number of aromatic nitrogens is 1. The Bertz CT molecular complexity index is 1180. The second-order valence-electron chi connectivity index (χ2n) is 5.71. The Hall–Kier alpha value is -2.96. The summed E-state index contributed by atoms with van der Waals surface area (Å²) in [4.78, 5) is 28.7. The zero-order valence-corrected chi connectivity index (χ0v) is 15.4. The largest absolute Gasteiger partial charge is 0.455 e. The predicted molar refractivity (Wildman–Crippen MR) is 104 cm³/mol. The lowest BCUT2D eigenvalue weighted by atomic mass is 10.2. The average Bonchev–Trinajstić information content (AvgIpc) is 3.15. The summed E-state index contributed by atoms with van der Waals surface area (Å²) in [6.45, 7) is -0.0325. The minimum atomic E-state index is -0.740. The molecule has 4 rings (SSSR count). The number of nitrogens with zero attached hydrogens (tertiary/aromatic N) is 1. The van der Waals surface area contributed by atoms with E-state index < -0.39 is 11.6 Å². The van der Waals surface area contributed by atoms with E-state index in [9.17, 15) is 9.59 Å². The minimum absolute atomic E-state index is 0.0325. The number of rotatable bonds is 4. The van der Waals surface area contributed by atoms with E-state index in [-0.39, 0.29) is 12.2 Å². The van der Waals surface area contributed by atoms with Crippen molar-refractivity contribution in [1.82, 2.24) is 4.98 Å². The second-order valence-corrected chi connectivity index (χ2v) is 7.01. The molecule has 7 heteroatoms. The molecule has 0 amide bonds. The summed E-state index contributed by atoms with van der Waals surface area (Å²) in [6, 6.07) is 15.8. The van der Waals surface area contributed by atoms with Crippen LogP contribution in [-0.2, 0) is 11.3 Å². The molecule has 5 nitrogen and oxygen atoms in total. The maximum absolute atomic E-state index is 12.3. The Morgan fingerprint density at radius 3 is 2.74 bits per heavy atom. The van der Waals surface area contributed by atoms with Crippen molar-refractivity contribution in [2.45, 2.75) is 6.61 Å². The van der Waals surface area contributed by atoms with Crippen LogP contribution in [-0.4, -0.2) is 11.0 Å². The lowest BCUT2D eigenvalue weighted by Crippen LogP contribution is -2.16. The summed E-state index contributed by atoms with van der Waals surface area (Å²) in [5.74, 6) is -0.740. The number of hydrogen-bond donors (Lipinski definition) is 0. The fourth-order valence-electron chi connectivity index (χ4n) is 2.52. The number of carbonyl (C=O) groups excluding carboxylic acids is 1. The number of benzene rings is 2. The van der Waals surface area contributed by atoms with Gasteiger partial charge in [-0.3, -0.25) is 0 Å². The second kappa shape index (κ2) is 7.34. The molecule has 0 N–H and O–H groups in total. The van der Waals surface area contributed by atoms with Crippen LogP contribution in [0.4, 0.5) is 0 Å². The monoisotopic (exact) mass is 397 g/mol. The van der Waals surface area contributed by atoms with Crippen molar-refractivity contribution < 1.29 is 13.9 Å². The number of para-hydroxylation sites is 1. The summed E-state index contributed by atoms with van der Waals surface area (Å²) >= 11 is 7.32. The van der Waals surface area contributed by atoms with E-state index in [0.29, 0.717) is 21.7 Å². The first-order chi connectivity index (χ1) is 13.1. The van der Waals surface area contributed by atoms with Crippen LogP contribution >= 0.6 is 22.9 Å². The van der Waals surface area contributed by atoms with Gasteiger partial charge in [0.25, 0.3) is 0 Å². The van der Waals surface area contributed by atoms with Crippen molar-refractivity contribution in [3.63, 3.8) is 0 Å². The molecule has 0 fully saturated rings. The molecule has 2 aromatic heterocycles. The van der Waals surface area contributed by atoms with Gasteiger partial charge in [0.05, 0.1) is 5.69 Å². The quantitative estimate of drug-likeness (QED) is 0.361. The molecule has 0 aliphatic heterocycles. The summed E-state index contributed by atoms with van der Waals surface area (Å²) in [5, 5.41) is 3.91. The minimum Gasteiger partial charge on any atom is -0.455 e. The molecule has 0 bridgehead atoms. The third kappa shape index (κ3) is 3.77. The average molecular weight is 398 g/mol. The Morgan fingerprint density at radius 1 is 1.15 bits per heavy atom. The van der Waals surface area contributed by atoms with Gasteiger partial charge in [-0.15, -0.1) is 11.3 Å². The lowest BCUT2D eigenvalue weighted by Gasteiger charge is -2.03. The smallest absolute Gasteiger partial charge is 0.351 e. The highest BCUT2D eigenvalue weighted by Crippen LogP contribution is 2.25. The number of esters is 1. The van der Waals surface area contributed by atoms with E-state index in [1.165, 1.54) is 17.4 Å². The highest BCUT2D eigenvalue weighted by atomic mass is 35.5. The molecule has 0 saturated heterocycles. The first kappa shape index (κ1) is 17.5. The van der Waals surface area contributed by atoms with E-state index >= 15 is 0 Å². The van der Waals surface area contributed by atoms with Crippen molar-refractivity contribution in [3.05, 3.63) is 86.7 Å². The maximum Gasteiger partial charge on any atom is 0.351 e. The predicted octanol–water partition coefficient (Wildman–Crippen LogP) is 4.93. The number of thiazole rings is 1. The van der Waals surface area contributed by atoms with Crippen LogP contribution < -0.4 is 5.63 Å². The number of ether oxygens (including phenoxy) is 1. The van der Waals surface area contributed by atoms with Gasteiger partial charge >= 0.3 is 11.6 Å². The zero-order valence-electron chi connectivity index (χ0n) is 13.8. The topological polar surface area (TPSA) is 69.4 Å². The molecule has 0 aliphatic rings. The SMILES string of the molecule is O=C(OCc1csc(-c2ccc(Cl)cc2)n1)c1cc2ccccc2oc1=O. The number of hydrogen-bond acceptors (Lipinski definition) is 6. The van der Waals surface area contributed by atoms with E-state index in [2.05, 4.69) is 4.98 Å². The van der Waals surface area contributed by atoms with Crippen molar-refractivity contribution in [2.24, 2.45) is 0 Å². The van der Waals surface area contributed by atoms with E-state index in [1.54, 1.807) is 41.8 Å². The van der Waals surface area contributed by atoms with Gasteiger partial charge in [0.1, 0.15) is 22.8 Å². The Morgan fingerprint density at radius 2 is 1.93 bits per heavy atom. The van der Waals surface area contributed by atoms with E-state index in [0.717, 1.165) is 10.6 Å². The van der Waals surface area contributed by atoms with Gasteiger partial charge < -0.3 is 9.15 Å². The first-order valence-corrected chi connectivity index (χ1v) is 9.26. The van der Waals surface area contributed by atoms with Gasteiger partial charge in [-0.25, -0.2) is 14.6 Å². The Labute approximate surface area is 162 Å². The number of fused-ring (bicyclic) bond motifs is 1. The van der Waals surface area contributed by atoms with Crippen molar-refractivity contribution in [1.29, 1.82) is 0 Å². The normalized spacial score (nSPS) is 10.9. The van der Waals surface area contributed by atoms with Crippen LogP contribution in [0.5, 0.6) is 0 Å². The molecule has 134 valence electrons. The molecule has 2 heterocycles. The lowest BCUT2D eigenvalue weighted by molar-refractivity contribution is 0.0464. The number of halogens is 1. The zero-order chi connectivity index (χ0) is 18.8. The van der Waals surface area contributed by atoms with Crippen LogP contribution in [0.2, 0.25) is 5.02 Å². The third-order valence-electron chi connectivity index (χ3n) is 3.86. The number of carbonyl (C=O) groups is 1. The highest BCUT2D eigenvalue weighted by molar-refractivity contribution is 7.13. The van der Waals surface area contributed by atoms with Crippen molar-refractivity contribution >= 4 is 39.9 Å². The maximum atomic E-state index is 12.3. The first-order valence-electron chi connectivity index (χ1n) is 8.00. The van der Waals surface area contributed by atoms with Gasteiger partial charge in [0.15, 0.2) is 0 Å². The van der Waals surface area contributed by atoms with Gasteiger partial charge in [-0.05, 0) is 24.3 Å². The van der Waals surface area contributed by atoms with Crippen LogP contribution in [0.3, 0.4) is 0 Å². The van der Waals surface area contributed by atoms with Crippen molar-refractivity contribution in [2.75, 3.05) is 0 Å². The fraction of sp³-hybridized carbons (Fsp3) is 0.0500. The Balaban J connectivity index is 1.49. The molecule has 2 aromatic carbocycles. The molecule has 0 saturated carbocycles. The summed E-state index contributed by atoms with van der Waals surface area (Å²) in [7, 11) is 0. The van der Waals surface area contributed by atoms with Gasteiger partial charge in [-0.2, -0.15) is 0 Å². The molecule has 0 unspecified atom stereocenters. The molecule has 0 atom stereocenters. The van der Waals surface area contributed by atoms with E-state index in [4.69, 9.17) is 20.8 Å². The summed E-state index contributed by atoms with van der Waals surface area (Å²) in [6.07, 6.45) is 0. The van der Waals surface area contributed by atoms with Gasteiger partial charge in [0, 0.05) is 21.4 Å². The highest BCUT2D eigenvalue weighted by Gasteiger charge is 2.16. The van der Waals surface area contributed by atoms with Crippen molar-refractivity contribution in [3.8, 4) is 10.6 Å². The fourth-order valence-corrected chi connectivity index (χ4v) is 3.46. The molecular weight excluding hydrogens is 386 g/mol. The molecule has 0 radical (unpaired) electrons. The van der Waals surface area contributed by atoms with Gasteiger partial charge in [0.2, 0.25) is 0 Å². The van der Waals surface area contributed by atoms with E-state index in [1.807, 2.05) is 12.1 Å². The summed E-state index contributed by atoms with van der Waals surface area (Å²) in [5.41, 5.74) is 1.09. The van der Waals surface area contributed by atoms with Crippen LogP contribution in [0, 0.1) is 0 Å². The van der Waals surface area contributed by atoms with Crippen LogP contribution in [0.15, 0.2) is 69.2 Å². The summed E-state index contributed by atoms with van der Waals surface area (Å²) < 4.78 is 10.4. The Kier molecular flexibility index (Phi) is 4.75. The standard InChI is InChI=1S/C20H12ClNO4S/c21-14-7-5-12(6-8-14)18-22-15(11-27-18)10-25-19(23)16-9-13-3-1-2-4-17(13)26-20(16)24/h1-9,11H,10H2. The molecule has 0 spiro atoms. The van der Waals surface area contributed by atoms with Gasteiger partial charge in [-0.1, -0.05) is 41.9 Å². The molecule has 27 heavy (non-hydrogen) atoms. The molecule has 0 aliphatic carbocycles. The van der Waals surface area contributed by atoms with Crippen LogP contribution in [0.25, 0.3) is 21.5 Å². The third-order valence-corrected chi connectivity index (χ3v) is 5.05. The molecular formula is C20H12ClNO4S. The molecule has 4 aromatic rings. The van der Waals surface area contributed by atoms with Crippen LogP contribution in [0.1, 0.15) is 16.1 Å².